The van der Waals surface area contributed by atoms with Crippen LogP contribution in [-0.2, 0) is 13.6 Å². The fraction of sp³-hybridized carbons (Fsp3) is 0.357. The van der Waals surface area contributed by atoms with Crippen LogP contribution in [0.2, 0.25) is 0 Å². The van der Waals surface area contributed by atoms with Gasteiger partial charge in [-0.15, -0.1) is 0 Å². The van der Waals surface area contributed by atoms with E-state index in [9.17, 15) is 0 Å². The molecule has 0 unspecified atom stereocenters. The molecule has 0 saturated heterocycles. The second-order valence-electron chi connectivity index (χ2n) is 4.64. The number of benzene rings is 1. The minimum Gasteiger partial charge on any atom is -0.365 e. The van der Waals surface area contributed by atoms with Crippen molar-refractivity contribution < 1.29 is 0 Å². The molecule has 1 heterocycles. The fourth-order valence-corrected chi connectivity index (χ4v) is 2.01. The van der Waals surface area contributed by atoms with Crippen molar-refractivity contribution in [3.8, 4) is 0 Å². The summed E-state index contributed by atoms with van der Waals surface area (Å²) in [5.41, 5.74) is 5.07. The Balaban J connectivity index is 2.07. The van der Waals surface area contributed by atoms with Crippen LogP contribution < -0.4 is 5.32 Å². The van der Waals surface area contributed by atoms with E-state index >= 15 is 0 Å². The average molecular weight is 229 g/mol. The molecule has 1 aromatic carbocycles. The van der Waals surface area contributed by atoms with Gasteiger partial charge in [-0.2, -0.15) is 5.10 Å². The lowest BCUT2D eigenvalue weighted by molar-refractivity contribution is 0.741. The van der Waals surface area contributed by atoms with Crippen LogP contribution in [0.15, 0.2) is 24.3 Å². The minimum atomic E-state index is 0.818. The predicted octanol–water partition coefficient (Wildman–Crippen LogP) is 2.96. The van der Waals surface area contributed by atoms with E-state index in [-0.39, 0.29) is 0 Å². The molecule has 90 valence electrons. The number of aromatic nitrogens is 2. The highest BCUT2D eigenvalue weighted by molar-refractivity contribution is 5.38. The molecule has 0 spiro atoms. The molecule has 17 heavy (non-hydrogen) atoms. The Bertz CT molecular complexity index is 487. The van der Waals surface area contributed by atoms with E-state index in [0.717, 1.165) is 18.1 Å². The SMILES string of the molecule is Cc1cc(C)cc(CNc2cc(C)n(C)n2)c1. The smallest absolute Gasteiger partial charge is 0.148 e. The van der Waals surface area contributed by atoms with Crippen molar-refractivity contribution in [2.75, 3.05) is 5.32 Å². The van der Waals surface area contributed by atoms with Gasteiger partial charge in [-0.1, -0.05) is 29.3 Å². The van der Waals surface area contributed by atoms with E-state index in [1.165, 1.54) is 16.7 Å². The van der Waals surface area contributed by atoms with Crippen molar-refractivity contribution >= 4 is 5.82 Å². The molecule has 1 aromatic heterocycles. The van der Waals surface area contributed by atoms with E-state index in [1.54, 1.807) is 0 Å². The number of hydrogen-bond donors (Lipinski definition) is 1. The van der Waals surface area contributed by atoms with E-state index in [4.69, 9.17) is 0 Å². The highest BCUT2D eigenvalue weighted by Gasteiger charge is 2.01. The van der Waals surface area contributed by atoms with Gasteiger partial charge in [0.25, 0.3) is 0 Å². The van der Waals surface area contributed by atoms with Crippen molar-refractivity contribution in [1.29, 1.82) is 0 Å². The Hall–Kier alpha value is -1.77. The van der Waals surface area contributed by atoms with Gasteiger partial charge in [0.1, 0.15) is 5.82 Å². The normalized spacial score (nSPS) is 10.6. The topological polar surface area (TPSA) is 29.9 Å². The Morgan fingerprint density at radius 1 is 1.06 bits per heavy atom. The van der Waals surface area contributed by atoms with Crippen LogP contribution >= 0.6 is 0 Å². The molecule has 1 N–H and O–H groups in total. The molecule has 2 rings (SSSR count). The molecule has 0 aliphatic carbocycles. The highest BCUT2D eigenvalue weighted by Crippen LogP contribution is 2.12. The molecule has 0 aliphatic heterocycles. The molecular formula is C14H19N3. The van der Waals surface area contributed by atoms with Crippen LogP contribution in [0.3, 0.4) is 0 Å². The molecular weight excluding hydrogens is 210 g/mol. The predicted molar refractivity (Wildman–Crippen MR) is 71.2 cm³/mol. The summed E-state index contributed by atoms with van der Waals surface area (Å²) < 4.78 is 1.88. The monoisotopic (exact) mass is 229 g/mol. The molecule has 0 amide bonds. The maximum absolute atomic E-state index is 4.38. The molecule has 0 aliphatic rings. The van der Waals surface area contributed by atoms with Crippen LogP contribution in [0.4, 0.5) is 5.82 Å². The number of rotatable bonds is 3. The Labute approximate surface area is 102 Å². The van der Waals surface area contributed by atoms with Gasteiger partial charge in [-0.3, -0.25) is 4.68 Å². The highest BCUT2D eigenvalue weighted by atomic mass is 15.3. The van der Waals surface area contributed by atoms with Gasteiger partial charge < -0.3 is 5.32 Å². The van der Waals surface area contributed by atoms with E-state index in [0.29, 0.717) is 0 Å². The van der Waals surface area contributed by atoms with Gasteiger partial charge in [-0.25, -0.2) is 0 Å². The number of hydrogen-bond acceptors (Lipinski definition) is 2. The summed E-state index contributed by atoms with van der Waals surface area (Å²) in [4.78, 5) is 0. The second kappa shape index (κ2) is 4.62. The summed E-state index contributed by atoms with van der Waals surface area (Å²) in [5, 5.41) is 7.72. The molecule has 0 atom stereocenters. The van der Waals surface area contributed by atoms with Crippen molar-refractivity contribution in [1.82, 2.24) is 9.78 Å². The zero-order valence-corrected chi connectivity index (χ0v) is 10.9. The van der Waals surface area contributed by atoms with Crippen LogP contribution in [0.1, 0.15) is 22.4 Å². The number of nitrogens with one attached hydrogen (secondary N) is 1. The molecule has 3 nitrogen and oxygen atoms in total. The quantitative estimate of drug-likeness (QED) is 0.877. The Kier molecular flexibility index (Phi) is 3.18. The minimum absolute atomic E-state index is 0.818. The van der Waals surface area contributed by atoms with Gasteiger partial charge in [0, 0.05) is 25.4 Å². The average Bonchev–Trinajstić information content (AvgIpc) is 2.54. The van der Waals surface area contributed by atoms with Crippen LogP contribution in [0.5, 0.6) is 0 Å². The van der Waals surface area contributed by atoms with Crippen LogP contribution in [-0.4, -0.2) is 9.78 Å². The van der Waals surface area contributed by atoms with Gasteiger partial charge in [0.2, 0.25) is 0 Å². The molecule has 0 radical (unpaired) electrons. The number of nitrogens with zero attached hydrogens (tertiary/aromatic N) is 2. The molecule has 0 fully saturated rings. The van der Waals surface area contributed by atoms with E-state index in [1.807, 2.05) is 11.7 Å². The lowest BCUT2D eigenvalue weighted by Crippen LogP contribution is -2.01. The lowest BCUT2D eigenvalue weighted by atomic mass is 10.1. The van der Waals surface area contributed by atoms with Crippen molar-refractivity contribution in [2.24, 2.45) is 7.05 Å². The lowest BCUT2D eigenvalue weighted by Gasteiger charge is -2.06. The maximum atomic E-state index is 4.38. The standard InChI is InChI=1S/C14H19N3/c1-10-5-11(2)7-13(6-10)9-15-14-8-12(3)17(4)16-14/h5-8H,9H2,1-4H3,(H,15,16). The van der Waals surface area contributed by atoms with E-state index < -0.39 is 0 Å². The molecule has 3 heteroatoms. The second-order valence-corrected chi connectivity index (χ2v) is 4.64. The Morgan fingerprint density at radius 2 is 1.71 bits per heavy atom. The van der Waals surface area contributed by atoms with Gasteiger partial charge in [0.05, 0.1) is 0 Å². The third kappa shape index (κ3) is 2.87. The fourth-order valence-electron chi connectivity index (χ4n) is 2.01. The van der Waals surface area contributed by atoms with Crippen LogP contribution in [0, 0.1) is 20.8 Å². The maximum Gasteiger partial charge on any atom is 0.148 e. The third-order valence-electron chi connectivity index (χ3n) is 2.87. The molecule has 2 aromatic rings. The first kappa shape index (κ1) is 11.7. The number of aryl methyl sites for hydroxylation is 4. The first-order valence-electron chi connectivity index (χ1n) is 5.86. The summed E-state index contributed by atoms with van der Waals surface area (Å²) in [7, 11) is 1.96. The Morgan fingerprint density at radius 3 is 2.24 bits per heavy atom. The summed E-state index contributed by atoms with van der Waals surface area (Å²) in [6.45, 7) is 7.12. The van der Waals surface area contributed by atoms with Gasteiger partial charge in [-0.05, 0) is 26.3 Å². The molecule has 0 saturated carbocycles. The summed E-state index contributed by atoms with van der Waals surface area (Å²) in [6, 6.07) is 8.66. The largest absolute Gasteiger partial charge is 0.365 e. The van der Waals surface area contributed by atoms with Crippen molar-refractivity contribution in [2.45, 2.75) is 27.3 Å². The summed E-state index contributed by atoms with van der Waals surface area (Å²) >= 11 is 0. The first-order valence-corrected chi connectivity index (χ1v) is 5.86. The van der Waals surface area contributed by atoms with Gasteiger partial charge >= 0.3 is 0 Å². The zero-order valence-electron chi connectivity index (χ0n) is 10.9. The first-order chi connectivity index (χ1) is 8.04. The van der Waals surface area contributed by atoms with Crippen molar-refractivity contribution in [3.63, 3.8) is 0 Å². The van der Waals surface area contributed by atoms with Crippen LogP contribution in [0.25, 0.3) is 0 Å². The van der Waals surface area contributed by atoms with Crippen molar-refractivity contribution in [3.05, 3.63) is 46.6 Å². The summed E-state index contributed by atoms with van der Waals surface area (Å²) in [6.07, 6.45) is 0. The zero-order chi connectivity index (χ0) is 12.4. The summed E-state index contributed by atoms with van der Waals surface area (Å²) in [5.74, 6) is 0.934. The third-order valence-corrected chi connectivity index (χ3v) is 2.87. The molecule has 0 bridgehead atoms. The van der Waals surface area contributed by atoms with Gasteiger partial charge in [0.15, 0.2) is 0 Å². The van der Waals surface area contributed by atoms with E-state index in [2.05, 4.69) is 55.5 Å². The number of anilines is 1.